The predicted octanol–water partition coefficient (Wildman–Crippen LogP) is 3.94. The third-order valence-corrected chi connectivity index (χ3v) is 4.78. The molecule has 6 heteroatoms. The van der Waals surface area contributed by atoms with Crippen molar-refractivity contribution in [2.45, 2.75) is 31.8 Å². The number of hydrogen-bond donors (Lipinski definition) is 0. The zero-order chi connectivity index (χ0) is 15.5. The molecule has 1 aromatic carbocycles. The SMILES string of the molecule is O=C(CCn1ccnc1)N1CCCC1c1ccc(Cl)c(Cl)c1. The van der Waals surface area contributed by atoms with Crippen LogP contribution in [0.1, 0.15) is 30.9 Å². The third-order valence-electron chi connectivity index (χ3n) is 4.04. The zero-order valence-corrected chi connectivity index (χ0v) is 13.6. The number of imidazole rings is 1. The van der Waals surface area contributed by atoms with Crippen molar-refractivity contribution in [2.24, 2.45) is 0 Å². The fourth-order valence-electron chi connectivity index (χ4n) is 2.92. The number of aromatic nitrogens is 2. The molecule has 0 radical (unpaired) electrons. The summed E-state index contributed by atoms with van der Waals surface area (Å²) in [6.07, 6.45) is 7.78. The Bertz CT molecular complexity index is 657. The Kier molecular flexibility index (Phi) is 4.69. The molecule has 0 saturated carbocycles. The minimum Gasteiger partial charge on any atom is -0.337 e. The van der Waals surface area contributed by atoms with Gasteiger partial charge < -0.3 is 9.47 Å². The van der Waals surface area contributed by atoms with Crippen molar-refractivity contribution >= 4 is 29.1 Å². The molecule has 1 aliphatic rings. The van der Waals surface area contributed by atoms with E-state index in [1.807, 2.05) is 27.8 Å². The summed E-state index contributed by atoms with van der Waals surface area (Å²) >= 11 is 12.1. The van der Waals surface area contributed by atoms with E-state index < -0.39 is 0 Å². The van der Waals surface area contributed by atoms with Crippen LogP contribution in [-0.4, -0.2) is 26.9 Å². The largest absolute Gasteiger partial charge is 0.337 e. The minimum absolute atomic E-state index is 0.102. The first-order valence-corrected chi connectivity index (χ1v) is 8.11. The van der Waals surface area contributed by atoms with Gasteiger partial charge >= 0.3 is 0 Å². The molecule has 3 rings (SSSR count). The molecule has 4 nitrogen and oxygen atoms in total. The second-order valence-corrected chi connectivity index (χ2v) is 6.28. The number of likely N-dealkylation sites (tertiary alicyclic amines) is 1. The van der Waals surface area contributed by atoms with E-state index in [9.17, 15) is 4.79 Å². The van der Waals surface area contributed by atoms with Crippen LogP contribution in [0.2, 0.25) is 10.0 Å². The first-order valence-electron chi connectivity index (χ1n) is 7.35. The Hall–Kier alpha value is -1.52. The van der Waals surface area contributed by atoms with Gasteiger partial charge in [0.25, 0.3) is 0 Å². The highest BCUT2D eigenvalue weighted by Crippen LogP contribution is 2.35. The van der Waals surface area contributed by atoms with Gasteiger partial charge in [-0.05, 0) is 30.5 Å². The predicted molar refractivity (Wildman–Crippen MR) is 87.0 cm³/mol. The molecule has 0 bridgehead atoms. The molecular formula is C16H17Cl2N3O. The highest BCUT2D eigenvalue weighted by molar-refractivity contribution is 6.42. The van der Waals surface area contributed by atoms with Crippen molar-refractivity contribution in [2.75, 3.05) is 6.54 Å². The lowest BCUT2D eigenvalue weighted by Gasteiger charge is -2.25. The van der Waals surface area contributed by atoms with Gasteiger partial charge in [0.05, 0.1) is 22.4 Å². The number of benzene rings is 1. The Morgan fingerprint density at radius 3 is 2.91 bits per heavy atom. The molecule has 0 spiro atoms. The fourth-order valence-corrected chi connectivity index (χ4v) is 3.23. The standard InChI is InChI=1S/C16H17Cl2N3O/c17-13-4-3-12(10-14(13)18)15-2-1-7-21(15)16(22)5-8-20-9-6-19-11-20/h3-4,6,9-11,15H,1-2,5,7-8H2. The Balaban J connectivity index is 1.69. The summed E-state index contributed by atoms with van der Waals surface area (Å²) in [5.74, 6) is 0.169. The Labute approximate surface area is 139 Å². The number of halogens is 2. The van der Waals surface area contributed by atoms with Gasteiger partial charge in [0, 0.05) is 31.9 Å². The van der Waals surface area contributed by atoms with Crippen LogP contribution in [0.3, 0.4) is 0 Å². The number of carbonyl (C=O) groups is 1. The van der Waals surface area contributed by atoms with Gasteiger partial charge in [-0.2, -0.15) is 0 Å². The number of carbonyl (C=O) groups excluding carboxylic acids is 1. The molecule has 1 aliphatic heterocycles. The second-order valence-electron chi connectivity index (χ2n) is 5.47. The van der Waals surface area contributed by atoms with E-state index in [0.717, 1.165) is 24.9 Å². The molecule has 1 unspecified atom stereocenters. The van der Waals surface area contributed by atoms with Crippen LogP contribution in [0.25, 0.3) is 0 Å². The van der Waals surface area contributed by atoms with Crippen molar-refractivity contribution < 1.29 is 4.79 Å². The van der Waals surface area contributed by atoms with E-state index in [-0.39, 0.29) is 11.9 Å². The molecule has 22 heavy (non-hydrogen) atoms. The van der Waals surface area contributed by atoms with Crippen molar-refractivity contribution in [1.82, 2.24) is 14.5 Å². The molecule has 1 saturated heterocycles. The van der Waals surface area contributed by atoms with Gasteiger partial charge in [-0.25, -0.2) is 4.98 Å². The smallest absolute Gasteiger partial charge is 0.224 e. The number of nitrogens with zero attached hydrogens (tertiary/aromatic N) is 3. The average Bonchev–Trinajstić information content (AvgIpc) is 3.18. The van der Waals surface area contributed by atoms with Gasteiger partial charge in [-0.15, -0.1) is 0 Å². The van der Waals surface area contributed by atoms with Gasteiger partial charge in [0.1, 0.15) is 0 Å². The van der Waals surface area contributed by atoms with Crippen LogP contribution >= 0.6 is 23.2 Å². The molecule has 1 amide bonds. The van der Waals surface area contributed by atoms with Crippen molar-refractivity contribution in [3.8, 4) is 0 Å². The monoisotopic (exact) mass is 337 g/mol. The molecule has 1 fully saturated rings. The highest BCUT2D eigenvalue weighted by Gasteiger charge is 2.29. The highest BCUT2D eigenvalue weighted by atomic mass is 35.5. The zero-order valence-electron chi connectivity index (χ0n) is 12.1. The summed E-state index contributed by atoms with van der Waals surface area (Å²) in [7, 11) is 0. The van der Waals surface area contributed by atoms with E-state index in [1.54, 1.807) is 18.6 Å². The molecule has 2 heterocycles. The number of aryl methyl sites for hydroxylation is 1. The van der Waals surface area contributed by atoms with Crippen LogP contribution in [0, 0.1) is 0 Å². The minimum atomic E-state index is 0.102. The van der Waals surface area contributed by atoms with E-state index in [1.165, 1.54) is 0 Å². The van der Waals surface area contributed by atoms with Crippen LogP contribution in [0.4, 0.5) is 0 Å². The Morgan fingerprint density at radius 1 is 1.32 bits per heavy atom. The average molecular weight is 338 g/mol. The quantitative estimate of drug-likeness (QED) is 0.847. The normalized spacial score (nSPS) is 17.9. The summed E-state index contributed by atoms with van der Waals surface area (Å²) in [4.78, 5) is 18.5. The van der Waals surface area contributed by atoms with Gasteiger partial charge in [0.2, 0.25) is 5.91 Å². The summed E-state index contributed by atoms with van der Waals surface area (Å²) < 4.78 is 1.92. The lowest BCUT2D eigenvalue weighted by atomic mass is 10.0. The van der Waals surface area contributed by atoms with Crippen molar-refractivity contribution in [1.29, 1.82) is 0 Å². The lowest BCUT2D eigenvalue weighted by molar-refractivity contribution is -0.132. The summed E-state index contributed by atoms with van der Waals surface area (Å²) in [5.41, 5.74) is 1.06. The topological polar surface area (TPSA) is 38.1 Å². The van der Waals surface area contributed by atoms with E-state index >= 15 is 0 Å². The number of hydrogen-bond acceptors (Lipinski definition) is 2. The fraction of sp³-hybridized carbons (Fsp3) is 0.375. The Morgan fingerprint density at radius 2 is 2.18 bits per heavy atom. The van der Waals surface area contributed by atoms with E-state index in [4.69, 9.17) is 23.2 Å². The molecule has 116 valence electrons. The molecule has 2 aromatic rings. The maximum Gasteiger partial charge on any atom is 0.224 e. The van der Waals surface area contributed by atoms with Crippen LogP contribution < -0.4 is 0 Å². The van der Waals surface area contributed by atoms with Crippen LogP contribution in [0.15, 0.2) is 36.9 Å². The van der Waals surface area contributed by atoms with E-state index in [2.05, 4.69) is 4.98 Å². The van der Waals surface area contributed by atoms with Gasteiger partial charge in [0.15, 0.2) is 0 Å². The number of amides is 1. The summed E-state index contributed by atoms with van der Waals surface area (Å²) in [5, 5.41) is 1.08. The first kappa shape index (κ1) is 15.4. The van der Waals surface area contributed by atoms with Gasteiger partial charge in [-0.1, -0.05) is 29.3 Å². The summed E-state index contributed by atoms with van der Waals surface area (Å²) in [6.45, 7) is 1.46. The maximum atomic E-state index is 12.5. The van der Waals surface area contributed by atoms with Crippen LogP contribution in [0.5, 0.6) is 0 Å². The molecule has 1 atom stereocenters. The summed E-state index contributed by atoms with van der Waals surface area (Å²) in [6, 6.07) is 5.73. The van der Waals surface area contributed by atoms with Gasteiger partial charge in [-0.3, -0.25) is 4.79 Å². The molecular weight excluding hydrogens is 321 g/mol. The number of rotatable bonds is 4. The molecule has 0 N–H and O–H groups in total. The molecule has 0 aliphatic carbocycles. The first-order chi connectivity index (χ1) is 10.6. The van der Waals surface area contributed by atoms with Crippen molar-refractivity contribution in [3.05, 3.63) is 52.5 Å². The second kappa shape index (κ2) is 6.71. The maximum absolute atomic E-state index is 12.5. The third kappa shape index (κ3) is 3.28. The lowest BCUT2D eigenvalue weighted by Crippen LogP contribution is -2.31. The van der Waals surface area contributed by atoms with Crippen molar-refractivity contribution in [3.63, 3.8) is 0 Å². The molecule has 1 aromatic heterocycles. The van der Waals surface area contributed by atoms with Crippen LogP contribution in [-0.2, 0) is 11.3 Å². The van der Waals surface area contributed by atoms with E-state index in [0.29, 0.717) is 23.0 Å².